The summed E-state index contributed by atoms with van der Waals surface area (Å²) in [4.78, 5) is 24.0. The van der Waals surface area contributed by atoms with Gasteiger partial charge in [-0.25, -0.2) is 0 Å². The van der Waals surface area contributed by atoms with Crippen LogP contribution < -0.4 is 5.32 Å². The first-order chi connectivity index (χ1) is 6.75. The van der Waals surface area contributed by atoms with Crippen molar-refractivity contribution in [1.29, 1.82) is 0 Å². The fourth-order valence-electron chi connectivity index (χ4n) is 1.30. The van der Waals surface area contributed by atoms with E-state index in [9.17, 15) is 9.59 Å². The highest BCUT2D eigenvalue weighted by Gasteiger charge is 2.25. The quantitative estimate of drug-likeness (QED) is 0.698. The Bertz CT molecular complexity index is 205. The number of thioether (sulfide) groups is 1. The summed E-state index contributed by atoms with van der Waals surface area (Å²) < 4.78 is 0. The van der Waals surface area contributed by atoms with E-state index < -0.39 is 0 Å². The third-order valence-electron chi connectivity index (χ3n) is 2.05. The second kappa shape index (κ2) is 6.03. The number of hydrogen-bond donors (Lipinski definition) is 1. The van der Waals surface area contributed by atoms with Crippen LogP contribution in [-0.2, 0) is 4.79 Å². The van der Waals surface area contributed by atoms with Crippen molar-refractivity contribution >= 4 is 22.9 Å². The van der Waals surface area contributed by atoms with Gasteiger partial charge in [-0.3, -0.25) is 14.5 Å². The molecule has 0 aromatic carbocycles. The van der Waals surface area contributed by atoms with Crippen molar-refractivity contribution in [1.82, 2.24) is 10.2 Å². The summed E-state index contributed by atoms with van der Waals surface area (Å²) in [6.07, 6.45) is 1.34. The van der Waals surface area contributed by atoms with Crippen LogP contribution >= 0.6 is 11.8 Å². The van der Waals surface area contributed by atoms with E-state index in [0.717, 1.165) is 19.5 Å². The topological polar surface area (TPSA) is 49.4 Å². The monoisotopic (exact) mass is 216 g/mol. The minimum absolute atomic E-state index is 0.0229. The molecule has 2 amide bonds. The maximum atomic E-state index is 11.3. The van der Waals surface area contributed by atoms with Gasteiger partial charge in [-0.1, -0.05) is 18.7 Å². The predicted octanol–water partition coefficient (Wildman–Crippen LogP) is 1.07. The molecule has 0 radical (unpaired) electrons. The van der Waals surface area contributed by atoms with Crippen LogP contribution in [0.25, 0.3) is 0 Å². The van der Waals surface area contributed by atoms with Gasteiger partial charge in [0.1, 0.15) is 0 Å². The van der Waals surface area contributed by atoms with E-state index >= 15 is 0 Å². The number of hydrogen-bond acceptors (Lipinski definition) is 4. The maximum absolute atomic E-state index is 11.3. The average molecular weight is 216 g/mol. The fourth-order valence-corrected chi connectivity index (χ4v) is 2.10. The number of imide groups is 1. The molecule has 1 saturated heterocycles. The molecule has 5 heteroatoms. The minimum atomic E-state index is -0.0854. The van der Waals surface area contributed by atoms with Crippen LogP contribution in [0.1, 0.15) is 19.8 Å². The largest absolute Gasteiger partial charge is 0.317 e. The first kappa shape index (κ1) is 11.5. The van der Waals surface area contributed by atoms with Gasteiger partial charge in [0.25, 0.3) is 5.24 Å². The van der Waals surface area contributed by atoms with Crippen LogP contribution in [0.15, 0.2) is 0 Å². The van der Waals surface area contributed by atoms with Crippen LogP contribution in [0.5, 0.6) is 0 Å². The summed E-state index contributed by atoms with van der Waals surface area (Å²) >= 11 is 1.24. The van der Waals surface area contributed by atoms with E-state index in [4.69, 9.17) is 0 Å². The number of rotatable bonds is 5. The Morgan fingerprint density at radius 3 is 2.93 bits per heavy atom. The third-order valence-corrected chi connectivity index (χ3v) is 2.92. The first-order valence-electron chi connectivity index (χ1n) is 4.93. The predicted molar refractivity (Wildman–Crippen MR) is 57.3 cm³/mol. The van der Waals surface area contributed by atoms with E-state index in [1.54, 1.807) is 0 Å². The molecule has 1 heterocycles. The summed E-state index contributed by atoms with van der Waals surface area (Å²) in [6.45, 7) is 4.37. The molecule has 0 aromatic rings. The standard InChI is InChI=1S/C9H16N2O2S/c1-2-10-5-3-6-11-8(12)4-7-14-9(11)13/h10H,2-7H2,1H3. The average Bonchev–Trinajstić information content (AvgIpc) is 2.16. The van der Waals surface area contributed by atoms with Crippen LogP contribution in [-0.4, -0.2) is 41.4 Å². The van der Waals surface area contributed by atoms with Crippen molar-refractivity contribution in [3.8, 4) is 0 Å². The highest BCUT2D eigenvalue weighted by atomic mass is 32.2. The molecule has 0 unspecified atom stereocenters. The van der Waals surface area contributed by atoms with Crippen LogP contribution in [0, 0.1) is 0 Å². The van der Waals surface area contributed by atoms with Gasteiger partial charge in [0.05, 0.1) is 0 Å². The Labute approximate surface area is 88.4 Å². The van der Waals surface area contributed by atoms with Crippen LogP contribution in [0.3, 0.4) is 0 Å². The van der Waals surface area contributed by atoms with Gasteiger partial charge in [0.2, 0.25) is 5.91 Å². The van der Waals surface area contributed by atoms with Gasteiger partial charge in [-0.15, -0.1) is 0 Å². The van der Waals surface area contributed by atoms with Crippen molar-refractivity contribution in [3.63, 3.8) is 0 Å². The second-order valence-corrected chi connectivity index (χ2v) is 4.16. The van der Waals surface area contributed by atoms with Gasteiger partial charge in [-0.05, 0) is 19.5 Å². The zero-order chi connectivity index (χ0) is 10.4. The lowest BCUT2D eigenvalue weighted by molar-refractivity contribution is -0.127. The Morgan fingerprint density at radius 1 is 1.50 bits per heavy atom. The molecule has 4 nitrogen and oxygen atoms in total. The van der Waals surface area contributed by atoms with E-state index in [2.05, 4.69) is 5.32 Å². The number of carbonyl (C=O) groups excluding carboxylic acids is 2. The summed E-state index contributed by atoms with van der Waals surface area (Å²) in [5.41, 5.74) is 0. The Morgan fingerprint density at radius 2 is 2.29 bits per heavy atom. The van der Waals surface area contributed by atoms with Crippen LogP contribution in [0.2, 0.25) is 0 Å². The van der Waals surface area contributed by atoms with E-state index in [0.29, 0.717) is 18.7 Å². The van der Waals surface area contributed by atoms with Gasteiger partial charge >= 0.3 is 0 Å². The number of nitrogens with one attached hydrogen (secondary N) is 1. The molecular weight excluding hydrogens is 200 g/mol. The van der Waals surface area contributed by atoms with E-state index in [1.807, 2.05) is 6.92 Å². The molecule has 0 bridgehead atoms. The Kier molecular flexibility index (Phi) is 4.97. The molecule has 1 rings (SSSR count). The van der Waals surface area contributed by atoms with E-state index in [-0.39, 0.29) is 11.1 Å². The summed E-state index contributed by atoms with van der Waals surface area (Å²) in [5, 5.41) is 3.08. The van der Waals surface area contributed by atoms with Crippen molar-refractivity contribution < 1.29 is 9.59 Å². The van der Waals surface area contributed by atoms with Gasteiger partial charge in [0.15, 0.2) is 0 Å². The SMILES string of the molecule is CCNCCCN1C(=O)CCSC1=O. The molecule has 0 atom stereocenters. The second-order valence-electron chi connectivity index (χ2n) is 3.12. The van der Waals surface area contributed by atoms with Crippen LogP contribution in [0.4, 0.5) is 4.79 Å². The molecular formula is C9H16N2O2S. The molecule has 0 aromatic heterocycles. The zero-order valence-electron chi connectivity index (χ0n) is 8.41. The van der Waals surface area contributed by atoms with Crippen molar-refractivity contribution in [2.45, 2.75) is 19.8 Å². The van der Waals surface area contributed by atoms with Gasteiger partial charge in [0, 0.05) is 18.7 Å². The first-order valence-corrected chi connectivity index (χ1v) is 5.92. The highest BCUT2D eigenvalue weighted by molar-refractivity contribution is 8.13. The number of carbonyl (C=O) groups is 2. The summed E-state index contributed by atoms with van der Waals surface area (Å²) in [6, 6.07) is 0. The molecule has 1 N–H and O–H groups in total. The normalized spacial score (nSPS) is 17.6. The lowest BCUT2D eigenvalue weighted by Gasteiger charge is -2.23. The molecule has 0 saturated carbocycles. The molecule has 1 aliphatic rings. The molecule has 1 fully saturated rings. The zero-order valence-corrected chi connectivity index (χ0v) is 9.23. The number of amides is 2. The molecule has 1 aliphatic heterocycles. The third kappa shape index (κ3) is 3.31. The Hall–Kier alpha value is -0.550. The highest BCUT2D eigenvalue weighted by Crippen LogP contribution is 2.18. The van der Waals surface area contributed by atoms with Gasteiger partial charge in [-0.2, -0.15) is 0 Å². The van der Waals surface area contributed by atoms with Crippen molar-refractivity contribution in [2.24, 2.45) is 0 Å². The lowest BCUT2D eigenvalue weighted by atomic mass is 10.3. The Balaban J connectivity index is 2.26. The molecule has 80 valence electrons. The molecule has 14 heavy (non-hydrogen) atoms. The fraction of sp³-hybridized carbons (Fsp3) is 0.778. The summed E-state index contributed by atoms with van der Waals surface area (Å²) in [7, 11) is 0. The number of nitrogens with zero attached hydrogens (tertiary/aromatic N) is 1. The van der Waals surface area contributed by atoms with Crippen molar-refractivity contribution in [3.05, 3.63) is 0 Å². The molecule has 0 aliphatic carbocycles. The van der Waals surface area contributed by atoms with Crippen molar-refractivity contribution in [2.75, 3.05) is 25.4 Å². The van der Waals surface area contributed by atoms with E-state index in [1.165, 1.54) is 16.7 Å². The lowest BCUT2D eigenvalue weighted by Crippen LogP contribution is -2.39. The van der Waals surface area contributed by atoms with Gasteiger partial charge < -0.3 is 5.32 Å². The summed E-state index contributed by atoms with van der Waals surface area (Å²) in [5.74, 6) is 0.617. The smallest absolute Gasteiger partial charge is 0.288 e. The minimum Gasteiger partial charge on any atom is -0.317 e. The molecule has 0 spiro atoms. The maximum Gasteiger partial charge on any atom is 0.288 e.